The molecule has 82 valence electrons. The maximum atomic E-state index is 11.2. The summed E-state index contributed by atoms with van der Waals surface area (Å²) in [4.78, 5) is 11.2. The van der Waals surface area contributed by atoms with E-state index in [1.54, 1.807) is 0 Å². The minimum Gasteiger partial charge on any atom is -0.462 e. The summed E-state index contributed by atoms with van der Waals surface area (Å²) in [6.45, 7) is 10.3. The summed E-state index contributed by atoms with van der Waals surface area (Å²) in [6.07, 6.45) is 4.19. The first-order valence-corrected chi connectivity index (χ1v) is 5.46. The lowest BCUT2D eigenvalue weighted by atomic mass is 10.1. The molecule has 0 aliphatic heterocycles. The van der Waals surface area contributed by atoms with E-state index in [-0.39, 0.29) is 5.97 Å². The van der Waals surface area contributed by atoms with Crippen molar-refractivity contribution < 1.29 is 9.53 Å². The van der Waals surface area contributed by atoms with E-state index in [2.05, 4.69) is 20.4 Å². The minimum absolute atomic E-state index is 0.240. The van der Waals surface area contributed by atoms with E-state index in [1.807, 2.05) is 6.92 Å². The Morgan fingerprint density at radius 3 is 2.57 bits per heavy atom. The van der Waals surface area contributed by atoms with Gasteiger partial charge in [-0.25, -0.2) is 4.79 Å². The van der Waals surface area contributed by atoms with E-state index in [0.717, 1.165) is 6.42 Å². The van der Waals surface area contributed by atoms with Crippen LogP contribution in [0.15, 0.2) is 12.2 Å². The molecule has 14 heavy (non-hydrogen) atoms. The third kappa shape index (κ3) is 5.79. The maximum absolute atomic E-state index is 11.2. The number of hydrogen-bond donors (Lipinski definition) is 0. The van der Waals surface area contributed by atoms with Gasteiger partial charge in [0.1, 0.15) is 0 Å². The normalized spacial score (nSPS) is 12.2. The fraction of sp³-hybridized carbons (Fsp3) is 0.750. The van der Waals surface area contributed by atoms with Crippen LogP contribution in [0, 0.1) is 5.92 Å². The zero-order valence-electron chi connectivity index (χ0n) is 9.64. The highest BCUT2D eigenvalue weighted by Gasteiger charge is 2.08. The van der Waals surface area contributed by atoms with Crippen molar-refractivity contribution in [2.75, 3.05) is 6.61 Å². The average Bonchev–Trinajstić information content (AvgIpc) is 2.21. The van der Waals surface area contributed by atoms with Crippen LogP contribution in [-0.2, 0) is 9.53 Å². The Kier molecular flexibility index (Phi) is 7.17. The van der Waals surface area contributed by atoms with Crippen molar-refractivity contribution in [2.24, 2.45) is 5.92 Å². The molecule has 0 aliphatic carbocycles. The number of carbonyl (C=O) groups is 1. The van der Waals surface area contributed by atoms with E-state index in [4.69, 9.17) is 4.74 Å². The number of esters is 1. The van der Waals surface area contributed by atoms with Crippen LogP contribution in [0.1, 0.15) is 46.5 Å². The first-order chi connectivity index (χ1) is 6.61. The molecule has 1 unspecified atom stereocenters. The second-order valence-corrected chi connectivity index (χ2v) is 3.80. The van der Waals surface area contributed by atoms with Crippen LogP contribution in [0.2, 0.25) is 0 Å². The molecular formula is C12H22O2. The highest BCUT2D eigenvalue weighted by Crippen LogP contribution is 2.09. The van der Waals surface area contributed by atoms with Crippen molar-refractivity contribution in [2.45, 2.75) is 46.5 Å². The zero-order valence-corrected chi connectivity index (χ0v) is 9.64. The molecule has 0 spiro atoms. The third-order valence-electron chi connectivity index (χ3n) is 2.26. The van der Waals surface area contributed by atoms with Gasteiger partial charge in [0, 0.05) is 5.57 Å². The summed E-state index contributed by atoms with van der Waals surface area (Å²) in [5, 5.41) is 0. The van der Waals surface area contributed by atoms with Crippen molar-refractivity contribution in [3.05, 3.63) is 12.2 Å². The number of unbranched alkanes of at least 4 members (excludes halogenated alkanes) is 1. The fourth-order valence-corrected chi connectivity index (χ4v) is 1.10. The molecule has 0 bridgehead atoms. The van der Waals surface area contributed by atoms with Gasteiger partial charge in [0.25, 0.3) is 0 Å². The molecule has 0 rings (SSSR count). The largest absolute Gasteiger partial charge is 0.462 e. The van der Waals surface area contributed by atoms with Crippen molar-refractivity contribution in [3.63, 3.8) is 0 Å². The van der Waals surface area contributed by atoms with Crippen LogP contribution < -0.4 is 0 Å². The first kappa shape index (κ1) is 13.2. The van der Waals surface area contributed by atoms with Crippen LogP contribution >= 0.6 is 0 Å². The minimum atomic E-state index is -0.240. The highest BCUT2D eigenvalue weighted by molar-refractivity contribution is 5.87. The Balaban J connectivity index is 3.60. The topological polar surface area (TPSA) is 26.3 Å². The Bertz CT molecular complexity index is 185. The van der Waals surface area contributed by atoms with Gasteiger partial charge in [-0.15, -0.1) is 0 Å². The Morgan fingerprint density at radius 2 is 2.07 bits per heavy atom. The summed E-state index contributed by atoms with van der Waals surface area (Å²) in [5.74, 6) is 0.222. The smallest absolute Gasteiger partial charge is 0.333 e. The van der Waals surface area contributed by atoms with Gasteiger partial charge in [-0.2, -0.15) is 0 Å². The van der Waals surface area contributed by atoms with Crippen LogP contribution in [-0.4, -0.2) is 12.6 Å². The Morgan fingerprint density at radius 1 is 1.43 bits per heavy atom. The Labute approximate surface area is 87.3 Å². The molecular weight excluding hydrogens is 176 g/mol. The van der Waals surface area contributed by atoms with Gasteiger partial charge in [0.2, 0.25) is 0 Å². The lowest BCUT2D eigenvalue weighted by molar-refractivity contribution is -0.140. The second-order valence-electron chi connectivity index (χ2n) is 3.80. The van der Waals surface area contributed by atoms with Crippen LogP contribution in [0.4, 0.5) is 0 Å². The summed E-state index contributed by atoms with van der Waals surface area (Å²) < 4.78 is 5.12. The molecule has 0 amide bonds. The van der Waals surface area contributed by atoms with Gasteiger partial charge in [0.05, 0.1) is 6.61 Å². The second kappa shape index (κ2) is 7.60. The molecule has 0 fully saturated rings. The Hall–Kier alpha value is -0.790. The van der Waals surface area contributed by atoms with Gasteiger partial charge >= 0.3 is 5.97 Å². The highest BCUT2D eigenvalue weighted by atomic mass is 16.5. The zero-order chi connectivity index (χ0) is 11.0. The summed E-state index contributed by atoms with van der Waals surface area (Å²) in [7, 11) is 0. The third-order valence-corrected chi connectivity index (χ3v) is 2.26. The standard InChI is InChI=1S/C12H22O2/c1-5-7-8-10(3)9-14-12(13)11(4)6-2/h10H,4-9H2,1-3H3. The lowest BCUT2D eigenvalue weighted by Gasteiger charge is -2.11. The summed E-state index contributed by atoms with van der Waals surface area (Å²) in [6, 6.07) is 0. The monoisotopic (exact) mass is 198 g/mol. The van der Waals surface area contributed by atoms with E-state index in [9.17, 15) is 4.79 Å². The lowest BCUT2D eigenvalue weighted by Crippen LogP contribution is -2.13. The van der Waals surface area contributed by atoms with Gasteiger partial charge in [-0.05, 0) is 18.8 Å². The molecule has 0 saturated carbocycles. The quantitative estimate of drug-likeness (QED) is 0.463. The number of ether oxygens (including phenoxy) is 1. The van der Waals surface area contributed by atoms with Gasteiger partial charge in [-0.1, -0.05) is 40.2 Å². The predicted molar refractivity (Wildman–Crippen MR) is 59.1 cm³/mol. The molecule has 2 heteroatoms. The molecule has 0 heterocycles. The number of hydrogen-bond acceptors (Lipinski definition) is 2. The van der Waals surface area contributed by atoms with Crippen LogP contribution in [0.5, 0.6) is 0 Å². The molecule has 0 radical (unpaired) electrons. The maximum Gasteiger partial charge on any atom is 0.333 e. The van der Waals surface area contributed by atoms with E-state index in [1.165, 1.54) is 12.8 Å². The molecule has 0 aromatic rings. The average molecular weight is 198 g/mol. The molecule has 1 atom stereocenters. The first-order valence-electron chi connectivity index (χ1n) is 5.46. The van der Waals surface area contributed by atoms with Gasteiger partial charge in [-0.3, -0.25) is 0 Å². The molecule has 0 aromatic carbocycles. The molecule has 2 nitrogen and oxygen atoms in total. The van der Waals surface area contributed by atoms with Gasteiger partial charge in [0.15, 0.2) is 0 Å². The van der Waals surface area contributed by atoms with Crippen LogP contribution in [0.25, 0.3) is 0 Å². The summed E-state index contributed by atoms with van der Waals surface area (Å²) in [5.41, 5.74) is 0.563. The van der Waals surface area contributed by atoms with Crippen molar-refractivity contribution in [1.82, 2.24) is 0 Å². The fourth-order valence-electron chi connectivity index (χ4n) is 1.10. The van der Waals surface area contributed by atoms with E-state index in [0.29, 0.717) is 24.5 Å². The number of rotatable bonds is 7. The van der Waals surface area contributed by atoms with Gasteiger partial charge < -0.3 is 4.74 Å². The SMILES string of the molecule is C=C(CC)C(=O)OCC(C)CCCC. The number of carbonyl (C=O) groups excluding carboxylic acids is 1. The molecule has 0 aromatic heterocycles. The van der Waals surface area contributed by atoms with E-state index >= 15 is 0 Å². The van der Waals surface area contributed by atoms with Crippen LogP contribution in [0.3, 0.4) is 0 Å². The molecule has 0 N–H and O–H groups in total. The summed E-state index contributed by atoms with van der Waals surface area (Å²) >= 11 is 0. The molecule has 0 saturated heterocycles. The van der Waals surface area contributed by atoms with Crippen molar-refractivity contribution in [1.29, 1.82) is 0 Å². The van der Waals surface area contributed by atoms with Crippen molar-refractivity contribution >= 4 is 5.97 Å². The molecule has 0 aliphatic rings. The van der Waals surface area contributed by atoms with Crippen molar-refractivity contribution in [3.8, 4) is 0 Å². The van der Waals surface area contributed by atoms with E-state index < -0.39 is 0 Å². The predicted octanol–water partition coefficient (Wildman–Crippen LogP) is 3.32.